The van der Waals surface area contributed by atoms with Gasteiger partial charge < -0.3 is 5.21 Å². The fourth-order valence-corrected chi connectivity index (χ4v) is 0.930. The highest BCUT2D eigenvalue weighted by Crippen LogP contribution is 2.08. The Balaban J connectivity index is 2.68. The van der Waals surface area contributed by atoms with Gasteiger partial charge in [0.15, 0.2) is 0 Å². The molecular weight excluding hydrogens is 190 g/mol. The monoisotopic (exact) mass is 205 g/mol. The minimum atomic E-state index is 0.495. The third-order valence-corrected chi connectivity index (χ3v) is 2.08. The highest BCUT2D eigenvalue weighted by Gasteiger charge is 1.96. The van der Waals surface area contributed by atoms with Crippen molar-refractivity contribution in [3.63, 3.8) is 0 Å². The van der Waals surface area contributed by atoms with Crippen LogP contribution in [0.2, 0.25) is 0 Å². The minimum Gasteiger partial charge on any atom is -0.411 e. The van der Waals surface area contributed by atoms with Crippen LogP contribution in [-0.2, 0) is 0 Å². The van der Waals surface area contributed by atoms with Crippen molar-refractivity contribution in [3.05, 3.63) is 29.8 Å². The number of nitrogens with one attached hydrogen (secondary N) is 1. The lowest BCUT2D eigenvalue weighted by molar-refractivity contribution is 0.320. The zero-order chi connectivity index (χ0) is 11.3. The van der Waals surface area contributed by atoms with Gasteiger partial charge in [0.2, 0.25) is 0 Å². The van der Waals surface area contributed by atoms with Crippen molar-refractivity contribution in [2.24, 2.45) is 10.3 Å². The van der Waals surface area contributed by atoms with Crippen molar-refractivity contribution in [2.45, 2.75) is 20.8 Å². The first-order valence-electron chi connectivity index (χ1n) is 4.69. The van der Waals surface area contributed by atoms with Crippen LogP contribution in [0.4, 0.5) is 5.69 Å². The van der Waals surface area contributed by atoms with Gasteiger partial charge >= 0.3 is 0 Å². The van der Waals surface area contributed by atoms with E-state index in [1.165, 1.54) is 5.56 Å². The molecule has 0 saturated heterocycles. The lowest BCUT2D eigenvalue weighted by Crippen LogP contribution is -2.07. The molecule has 0 amide bonds. The Labute approximate surface area is 89.3 Å². The lowest BCUT2D eigenvalue weighted by atomic mass is 10.2. The molecule has 0 spiro atoms. The first-order valence-corrected chi connectivity index (χ1v) is 4.69. The maximum atomic E-state index is 8.52. The molecule has 0 radical (unpaired) electrons. The largest absolute Gasteiger partial charge is 0.411 e. The predicted molar refractivity (Wildman–Crippen MR) is 62.8 cm³/mol. The van der Waals surface area contributed by atoms with Crippen LogP contribution in [0.15, 0.2) is 34.5 Å². The summed E-state index contributed by atoms with van der Waals surface area (Å²) in [7, 11) is 0. The number of benzene rings is 1. The topological polar surface area (TPSA) is 57.0 Å². The summed E-state index contributed by atoms with van der Waals surface area (Å²) >= 11 is 0. The highest BCUT2D eigenvalue weighted by atomic mass is 16.4. The van der Waals surface area contributed by atoms with E-state index in [0.29, 0.717) is 11.4 Å². The van der Waals surface area contributed by atoms with Gasteiger partial charge in [0.05, 0.1) is 17.1 Å². The molecule has 0 fully saturated rings. The number of rotatable bonds is 3. The average molecular weight is 205 g/mol. The van der Waals surface area contributed by atoms with Crippen molar-refractivity contribution in [3.8, 4) is 0 Å². The van der Waals surface area contributed by atoms with E-state index in [4.69, 9.17) is 5.21 Å². The zero-order valence-corrected chi connectivity index (χ0v) is 9.15. The molecule has 0 unspecified atom stereocenters. The second kappa shape index (κ2) is 5.14. The van der Waals surface area contributed by atoms with E-state index in [9.17, 15) is 0 Å². The summed E-state index contributed by atoms with van der Waals surface area (Å²) in [5.74, 6) is 0. The maximum Gasteiger partial charge on any atom is 0.0993 e. The SMILES string of the molecule is CC(=NO)C(C)=NNc1ccc(C)cc1. The van der Waals surface area contributed by atoms with E-state index < -0.39 is 0 Å². The molecule has 0 aliphatic rings. The van der Waals surface area contributed by atoms with Crippen LogP contribution < -0.4 is 5.43 Å². The van der Waals surface area contributed by atoms with Crippen molar-refractivity contribution >= 4 is 17.1 Å². The van der Waals surface area contributed by atoms with E-state index >= 15 is 0 Å². The van der Waals surface area contributed by atoms with Crippen LogP contribution in [0.3, 0.4) is 0 Å². The van der Waals surface area contributed by atoms with Crippen LogP contribution in [0.5, 0.6) is 0 Å². The molecule has 2 N–H and O–H groups in total. The van der Waals surface area contributed by atoms with Gasteiger partial charge in [-0.2, -0.15) is 5.10 Å². The summed E-state index contributed by atoms with van der Waals surface area (Å²) in [5.41, 5.74) is 6.14. The molecule has 0 saturated carbocycles. The van der Waals surface area contributed by atoms with Crippen LogP contribution in [0.25, 0.3) is 0 Å². The summed E-state index contributed by atoms with van der Waals surface area (Å²) in [6.07, 6.45) is 0. The van der Waals surface area contributed by atoms with Gasteiger partial charge in [-0.05, 0) is 32.9 Å². The average Bonchev–Trinajstić information content (AvgIpc) is 2.26. The Morgan fingerprint density at radius 1 is 1.13 bits per heavy atom. The van der Waals surface area contributed by atoms with Gasteiger partial charge in [0.25, 0.3) is 0 Å². The molecule has 0 bridgehead atoms. The molecule has 1 rings (SSSR count). The van der Waals surface area contributed by atoms with Crippen molar-refractivity contribution < 1.29 is 5.21 Å². The van der Waals surface area contributed by atoms with Crippen LogP contribution >= 0.6 is 0 Å². The summed E-state index contributed by atoms with van der Waals surface area (Å²) in [4.78, 5) is 0. The van der Waals surface area contributed by atoms with Crippen LogP contribution in [-0.4, -0.2) is 16.6 Å². The predicted octanol–water partition coefficient (Wildman–Crippen LogP) is 2.63. The quantitative estimate of drug-likeness (QED) is 0.452. The molecule has 1 aromatic rings. The van der Waals surface area contributed by atoms with Gasteiger partial charge in [-0.1, -0.05) is 22.9 Å². The third kappa shape index (κ3) is 3.42. The van der Waals surface area contributed by atoms with Gasteiger partial charge in [0.1, 0.15) is 0 Å². The highest BCUT2D eigenvalue weighted by molar-refractivity contribution is 6.40. The van der Waals surface area contributed by atoms with Crippen LogP contribution in [0, 0.1) is 6.92 Å². The molecule has 0 aliphatic heterocycles. The minimum absolute atomic E-state index is 0.495. The Bertz CT molecular complexity index is 379. The number of aryl methyl sites for hydroxylation is 1. The molecule has 80 valence electrons. The Morgan fingerprint density at radius 2 is 1.73 bits per heavy atom. The number of hydrazone groups is 1. The third-order valence-electron chi connectivity index (χ3n) is 2.08. The van der Waals surface area contributed by atoms with Crippen molar-refractivity contribution in [2.75, 3.05) is 5.43 Å². The van der Waals surface area contributed by atoms with Crippen LogP contribution in [0.1, 0.15) is 19.4 Å². The second-order valence-corrected chi connectivity index (χ2v) is 3.36. The summed E-state index contributed by atoms with van der Waals surface area (Å²) in [6.45, 7) is 5.49. The molecule has 0 aliphatic carbocycles. The number of nitrogens with zero attached hydrogens (tertiary/aromatic N) is 2. The Kier molecular flexibility index (Phi) is 3.85. The van der Waals surface area contributed by atoms with Gasteiger partial charge in [0, 0.05) is 0 Å². The Morgan fingerprint density at radius 3 is 2.27 bits per heavy atom. The van der Waals surface area contributed by atoms with Gasteiger partial charge in [-0.3, -0.25) is 5.43 Å². The Hall–Kier alpha value is -1.84. The summed E-state index contributed by atoms with van der Waals surface area (Å²) in [5, 5.41) is 15.6. The smallest absolute Gasteiger partial charge is 0.0993 e. The molecule has 4 heteroatoms. The normalized spacial score (nSPS) is 12.7. The molecule has 15 heavy (non-hydrogen) atoms. The second-order valence-electron chi connectivity index (χ2n) is 3.36. The first-order chi connectivity index (χ1) is 7.13. The number of hydrogen-bond donors (Lipinski definition) is 2. The molecular formula is C11H15N3O. The van der Waals surface area contributed by atoms with E-state index in [1.807, 2.05) is 31.2 Å². The zero-order valence-electron chi connectivity index (χ0n) is 9.15. The first kappa shape index (κ1) is 11.2. The molecule has 0 aromatic heterocycles. The summed E-state index contributed by atoms with van der Waals surface area (Å²) in [6, 6.07) is 7.88. The maximum absolute atomic E-state index is 8.52. The van der Waals surface area contributed by atoms with Gasteiger partial charge in [-0.15, -0.1) is 0 Å². The summed E-state index contributed by atoms with van der Waals surface area (Å²) < 4.78 is 0. The van der Waals surface area contributed by atoms with E-state index in [2.05, 4.69) is 15.7 Å². The fraction of sp³-hybridized carbons (Fsp3) is 0.273. The van der Waals surface area contributed by atoms with E-state index in [-0.39, 0.29) is 0 Å². The van der Waals surface area contributed by atoms with Gasteiger partial charge in [-0.25, -0.2) is 0 Å². The number of anilines is 1. The molecule has 4 nitrogen and oxygen atoms in total. The molecule has 1 aromatic carbocycles. The molecule has 0 heterocycles. The van der Waals surface area contributed by atoms with E-state index in [0.717, 1.165) is 5.69 Å². The molecule has 0 atom stereocenters. The van der Waals surface area contributed by atoms with E-state index in [1.54, 1.807) is 13.8 Å². The number of oxime groups is 1. The van der Waals surface area contributed by atoms with Crippen molar-refractivity contribution in [1.82, 2.24) is 0 Å². The fourth-order valence-electron chi connectivity index (χ4n) is 0.930. The standard InChI is InChI=1S/C11H15N3O/c1-8-4-6-11(7-5-8)13-12-9(2)10(3)14-15/h4-7,13,15H,1-3H3. The van der Waals surface area contributed by atoms with Crippen molar-refractivity contribution in [1.29, 1.82) is 0 Å². The number of hydrogen-bond acceptors (Lipinski definition) is 4. The lowest BCUT2D eigenvalue weighted by Gasteiger charge is -2.02.